The van der Waals surface area contributed by atoms with E-state index in [1.54, 1.807) is 7.11 Å². The number of hydrogen-bond donors (Lipinski definition) is 3. The Balaban J connectivity index is 0.00000272. The van der Waals surface area contributed by atoms with Crippen LogP contribution in [-0.4, -0.2) is 55.6 Å². The summed E-state index contributed by atoms with van der Waals surface area (Å²) in [6.45, 7) is 4.63. The minimum absolute atomic E-state index is 0. The van der Waals surface area contributed by atoms with Crippen molar-refractivity contribution < 1.29 is 4.74 Å². The first-order chi connectivity index (χ1) is 14.7. The Labute approximate surface area is 198 Å². The second kappa shape index (κ2) is 11.2. The van der Waals surface area contributed by atoms with Crippen LogP contribution in [0, 0.1) is 0 Å². The molecule has 166 valence electrons. The molecule has 11 heteroatoms. The lowest BCUT2D eigenvalue weighted by Gasteiger charge is -2.25. The zero-order valence-electron chi connectivity index (χ0n) is 17.7. The van der Waals surface area contributed by atoms with Crippen LogP contribution >= 0.6 is 24.0 Å². The van der Waals surface area contributed by atoms with E-state index in [1.165, 1.54) is 6.33 Å². The van der Waals surface area contributed by atoms with Crippen molar-refractivity contribution in [2.75, 3.05) is 13.7 Å². The maximum atomic E-state index is 5.14. The standard InChI is InChI=1S/C20H27N9O.HI/c1-3-21-20(22-10-14-5-4-6-15(9-14)19-23-13-24-27-19)25-16-7-8-18-26-17(12-30-2)28-29(18)11-16;/h4-6,9,13,16H,3,7-8,10-12H2,1-2H3,(H2,21,22,25)(H,23,24,27);1H. The highest BCUT2D eigenvalue weighted by molar-refractivity contribution is 14.0. The lowest BCUT2D eigenvalue weighted by molar-refractivity contribution is 0.177. The summed E-state index contributed by atoms with van der Waals surface area (Å²) < 4.78 is 7.11. The quantitative estimate of drug-likeness (QED) is 0.240. The molecule has 3 N–H and O–H groups in total. The average molecular weight is 537 g/mol. The van der Waals surface area contributed by atoms with Crippen LogP contribution < -0.4 is 10.6 Å². The fourth-order valence-corrected chi connectivity index (χ4v) is 3.51. The van der Waals surface area contributed by atoms with Gasteiger partial charge < -0.3 is 15.4 Å². The third kappa shape index (κ3) is 6.00. The van der Waals surface area contributed by atoms with Crippen molar-refractivity contribution in [1.29, 1.82) is 0 Å². The molecule has 10 nitrogen and oxygen atoms in total. The molecule has 0 bridgehead atoms. The summed E-state index contributed by atoms with van der Waals surface area (Å²) in [6.07, 6.45) is 3.37. The van der Waals surface area contributed by atoms with Gasteiger partial charge >= 0.3 is 0 Å². The number of rotatable bonds is 7. The molecular weight excluding hydrogens is 509 g/mol. The summed E-state index contributed by atoms with van der Waals surface area (Å²) in [5.74, 6) is 3.31. The van der Waals surface area contributed by atoms with Crippen LogP contribution in [0.5, 0.6) is 0 Å². The SMILES string of the molecule is CCNC(=NCc1cccc(-c2ncn[nH]2)c1)NC1CCc2nc(COC)nn2C1.I. The molecule has 0 saturated heterocycles. The molecule has 1 atom stereocenters. The molecule has 0 radical (unpaired) electrons. The molecule has 0 saturated carbocycles. The number of aromatic nitrogens is 6. The van der Waals surface area contributed by atoms with E-state index in [-0.39, 0.29) is 30.0 Å². The van der Waals surface area contributed by atoms with Gasteiger partial charge in [-0.25, -0.2) is 19.6 Å². The molecule has 1 aliphatic rings. The van der Waals surface area contributed by atoms with Crippen molar-refractivity contribution in [1.82, 2.24) is 40.6 Å². The molecule has 0 spiro atoms. The van der Waals surface area contributed by atoms with Crippen LogP contribution in [0.1, 0.15) is 30.6 Å². The second-order valence-electron chi connectivity index (χ2n) is 7.17. The van der Waals surface area contributed by atoms with Crippen molar-refractivity contribution in [3.8, 4) is 11.4 Å². The zero-order valence-corrected chi connectivity index (χ0v) is 20.0. The number of H-pyrrole nitrogens is 1. The molecular formula is C20H28IN9O. The van der Waals surface area contributed by atoms with E-state index in [0.717, 1.165) is 60.5 Å². The molecule has 0 aliphatic carbocycles. The van der Waals surface area contributed by atoms with Gasteiger partial charge in [0.2, 0.25) is 0 Å². The van der Waals surface area contributed by atoms with Gasteiger partial charge in [0, 0.05) is 31.7 Å². The molecule has 4 rings (SSSR count). The zero-order chi connectivity index (χ0) is 20.8. The maximum Gasteiger partial charge on any atom is 0.191 e. The van der Waals surface area contributed by atoms with Gasteiger partial charge in [-0.2, -0.15) is 10.2 Å². The summed E-state index contributed by atoms with van der Waals surface area (Å²) in [6, 6.07) is 8.40. The highest BCUT2D eigenvalue weighted by Crippen LogP contribution is 2.16. The number of nitrogens with one attached hydrogen (secondary N) is 3. The summed E-state index contributed by atoms with van der Waals surface area (Å²) in [7, 11) is 1.66. The van der Waals surface area contributed by atoms with Gasteiger partial charge in [-0.3, -0.25) is 5.10 Å². The second-order valence-corrected chi connectivity index (χ2v) is 7.17. The topological polar surface area (TPSA) is 118 Å². The molecule has 3 heterocycles. The predicted molar refractivity (Wildman–Crippen MR) is 128 cm³/mol. The first kappa shape index (κ1) is 23.1. The molecule has 2 aromatic heterocycles. The highest BCUT2D eigenvalue weighted by atomic mass is 127. The number of guanidine groups is 1. The number of aliphatic imine (C=N–C) groups is 1. The third-order valence-electron chi connectivity index (χ3n) is 4.90. The minimum atomic E-state index is 0. The van der Waals surface area contributed by atoms with Crippen molar-refractivity contribution in [2.24, 2.45) is 4.99 Å². The van der Waals surface area contributed by atoms with Crippen molar-refractivity contribution in [2.45, 2.75) is 45.5 Å². The maximum absolute atomic E-state index is 5.14. The van der Waals surface area contributed by atoms with Crippen LogP contribution in [0.2, 0.25) is 0 Å². The van der Waals surface area contributed by atoms with E-state index < -0.39 is 0 Å². The Morgan fingerprint density at radius 3 is 3.06 bits per heavy atom. The number of aryl methyl sites for hydroxylation is 1. The predicted octanol–water partition coefficient (Wildman–Crippen LogP) is 1.90. The average Bonchev–Trinajstić information content (AvgIpc) is 3.42. The van der Waals surface area contributed by atoms with Crippen molar-refractivity contribution >= 4 is 29.9 Å². The number of methoxy groups -OCH3 is 1. The molecule has 0 fully saturated rings. The number of halogens is 1. The molecule has 3 aromatic rings. The Hall–Kier alpha value is -2.54. The summed E-state index contributed by atoms with van der Waals surface area (Å²) in [5, 5.41) is 18.2. The van der Waals surface area contributed by atoms with E-state index in [2.05, 4.69) is 55.0 Å². The van der Waals surface area contributed by atoms with Gasteiger partial charge in [0.05, 0.1) is 13.1 Å². The van der Waals surface area contributed by atoms with E-state index in [4.69, 9.17) is 9.73 Å². The van der Waals surface area contributed by atoms with Gasteiger partial charge in [0.15, 0.2) is 17.6 Å². The third-order valence-corrected chi connectivity index (χ3v) is 4.90. The fourth-order valence-electron chi connectivity index (χ4n) is 3.51. The lowest BCUT2D eigenvalue weighted by Crippen LogP contribution is -2.47. The number of hydrogen-bond acceptors (Lipinski definition) is 6. The number of ether oxygens (including phenoxy) is 1. The minimum Gasteiger partial charge on any atom is -0.377 e. The number of benzene rings is 1. The van der Waals surface area contributed by atoms with Crippen molar-refractivity contribution in [3.05, 3.63) is 47.8 Å². The van der Waals surface area contributed by atoms with Gasteiger partial charge in [0.1, 0.15) is 18.8 Å². The summed E-state index contributed by atoms with van der Waals surface area (Å²) in [4.78, 5) is 13.5. The van der Waals surface area contributed by atoms with Gasteiger partial charge in [-0.15, -0.1) is 24.0 Å². The largest absolute Gasteiger partial charge is 0.377 e. The number of aromatic amines is 1. The van der Waals surface area contributed by atoms with Gasteiger partial charge in [0.25, 0.3) is 0 Å². The van der Waals surface area contributed by atoms with Crippen molar-refractivity contribution in [3.63, 3.8) is 0 Å². The Bertz CT molecular complexity index is 986. The fraction of sp³-hybridized carbons (Fsp3) is 0.450. The monoisotopic (exact) mass is 537 g/mol. The first-order valence-corrected chi connectivity index (χ1v) is 10.2. The van der Waals surface area contributed by atoms with Gasteiger partial charge in [-0.05, 0) is 25.0 Å². The molecule has 1 aliphatic heterocycles. The Morgan fingerprint density at radius 2 is 2.29 bits per heavy atom. The number of nitrogens with zero attached hydrogens (tertiary/aromatic N) is 6. The van der Waals surface area contributed by atoms with Crippen LogP contribution in [0.3, 0.4) is 0 Å². The molecule has 1 unspecified atom stereocenters. The summed E-state index contributed by atoms with van der Waals surface area (Å²) >= 11 is 0. The van der Waals surface area contributed by atoms with Crippen LogP contribution in [0.25, 0.3) is 11.4 Å². The van der Waals surface area contributed by atoms with E-state index in [0.29, 0.717) is 13.2 Å². The van der Waals surface area contributed by atoms with Crippen LogP contribution in [-0.2, 0) is 30.9 Å². The van der Waals surface area contributed by atoms with Crippen LogP contribution in [0.15, 0.2) is 35.6 Å². The Kier molecular flexibility index (Phi) is 8.35. The molecule has 1 aromatic carbocycles. The molecule has 31 heavy (non-hydrogen) atoms. The molecule has 0 amide bonds. The van der Waals surface area contributed by atoms with E-state index in [1.807, 2.05) is 16.8 Å². The Morgan fingerprint density at radius 1 is 1.39 bits per heavy atom. The van der Waals surface area contributed by atoms with E-state index in [9.17, 15) is 0 Å². The lowest BCUT2D eigenvalue weighted by atomic mass is 10.1. The van der Waals surface area contributed by atoms with E-state index >= 15 is 0 Å². The smallest absolute Gasteiger partial charge is 0.191 e. The summed E-state index contributed by atoms with van der Waals surface area (Å²) in [5.41, 5.74) is 2.10. The number of fused-ring (bicyclic) bond motifs is 1. The van der Waals surface area contributed by atoms with Gasteiger partial charge in [-0.1, -0.05) is 18.2 Å². The normalized spacial score (nSPS) is 15.8. The highest BCUT2D eigenvalue weighted by Gasteiger charge is 2.22. The van der Waals surface area contributed by atoms with Crippen LogP contribution in [0.4, 0.5) is 0 Å². The first-order valence-electron chi connectivity index (χ1n) is 10.2.